The molecule has 0 N–H and O–H groups in total. The molecule has 2 aromatic rings. The summed E-state index contributed by atoms with van der Waals surface area (Å²) in [5, 5.41) is 1.00. The smallest absolute Gasteiger partial charge is 0.331 e. The Labute approximate surface area is 163 Å². The molecular formula is C20H22N2O5S. The van der Waals surface area contributed by atoms with E-state index in [9.17, 15) is 18.0 Å². The van der Waals surface area contributed by atoms with E-state index in [0.717, 1.165) is 10.9 Å². The summed E-state index contributed by atoms with van der Waals surface area (Å²) >= 11 is 0. The zero-order chi connectivity index (χ0) is 20.1. The van der Waals surface area contributed by atoms with Crippen molar-refractivity contribution in [2.45, 2.75) is 19.4 Å². The first kappa shape index (κ1) is 20.0. The molecule has 0 radical (unpaired) electrons. The van der Waals surface area contributed by atoms with Crippen molar-refractivity contribution in [3.8, 4) is 0 Å². The molecule has 1 amide bonds. The van der Waals surface area contributed by atoms with Crippen LogP contribution in [0.4, 0.5) is 0 Å². The van der Waals surface area contributed by atoms with Crippen molar-refractivity contribution in [2.75, 3.05) is 24.7 Å². The number of ether oxygens (including phenoxy) is 1. The minimum Gasteiger partial charge on any atom is -0.452 e. The molecule has 0 aliphatic carbocycles. The highest BCUT2D eigenvalue weighted by Gasteiger charge is 2.34. The second-order valence-corrected chi connectivity index (χ2v) is 8.84. The maximum Gasteiger partial charge on any atom is 0.331 e. The number of pyridine rings is 1. The van der Waals surface area contributed by atoms with E-state index in [4.69, 9.17) is 4.74 Å². The minimum absolute atomic E-state index is 0.0337. The number of carbonyl (C=O) groups excluding carboxylic acids is 2. The molecule has 1 aliphatic rings. The molecule has 0 saturated carbocycles. The molecular weight excluding hydrogens is 380 g/mol. The van der Waals surface area contributed by atoms with Crippen molar-refractivity contribution in [3.63, 3.8) is 0 Å². The topological polar surface area (TPSA) is 93.6 Å². The van der Waals surface area contributed by atoms with Crippen LogP contribution >= 0.6 is 0 Å². The van der Waals surface area contributed by atoms with Gasteiger partial charge in [0.1, 0.15) is 0 Å². The summed E-state index contributed by atoms with van der Waals surface area (Å²) in [4.78, 5) is 30.1. The fourth-order valence-electron chi connectivity index (χ4n) is 3.25. The number of esters is 1. The summed E-state index contributed by atoms with van der Waals surface area (Å²) in [7, 11) is -3.09. The van der Waals surface area contributed by atoms with E-state index in [1.54, 1.807) is 13.0 Å². The Morgan fingerprint density at radius 3 is 2.75 bits per heavy atom. The van der Waals surface area contributed by atoms with Gasteiger partial charge in [-0.2, -0.15) is 0 Å². The van der Waals surface area contributed by atoms with Gasteiger partial charge in [-0.15, -0.1) is 0 Å². The lowest BCUT2D eigenvalue weighted by molar-refractivity contribution is -0.149. The number of amides is 1. The van der Waals surface area contributed by atoms with Crippen LogP contribution in [0.3, 0.4) is 0 Å². The van der Waals surface area contributed by atoms with E-state index >= 15 is 0 Å². The van der Waals surface area contributed by atoms with Crippen molar-refractivity contribution >= 4 is 38.7 Å². The Balaban J connectivity index is 1.55. The van der Waals surface area contributed by atoms with Crippen molar-refractivity contribution in [2.24, 2.45) is 0 Å². The van der Waals surface area contributed by atoms with E-state index in [-0.39, 0.29) is 17.5 Å². The molecule has 1 fully saturated rings. The lowest BCUT2D eigenvalue weighted by Crippen LogP contribution is -2.43. The van der Waals surface area contributed by atoms with Gasteiger partial charge in [0, 0.05) is 24.0 Å². The third-order valence-corrected chi connectivity index (χ3v) is 6.41. The molecule has 28 heavy (non-hydrogen) atoms. The van der Waals surface area contributed by atoms with E-state index < -0.39 is 28.3 Å². The molecule has 1 saturated heterocycles. The van der Waals surface area contributed by atoms with Gasteiger partial charge < -0.3 is 9.64 Å². The Kier molecular flexibility index (Phi) is 6.08. The number of benzene rings is 1. The number of aromatic nitrogens is 1. The quantitative estimate of drug-likeness (QED) is 0.541. The second-order valence-electron chi connectivity index (χ2n) is 6.61. The number of likely N-dealkylation sites (N-methyl/N-ethyl adjacent to an activating group) is 1. The van der Waals surface area contributed by atoms with Crippen LogP contribution in [-0.2, 0) is 24.2 Å². The molecule has 1 atom stereocenters. The number of rotatable bonds is 6. The molecule has 0 bridgehead atoms. The number of hydrogen-bond donors (Lipinski definition) is 0. The van der Waals surface area contributed by atoms with E-state index in [2.05, 4.69) is 4.98 Å². The molecule has 1 aromatic heterocycles. The highest BCUT2D eigenvalue weighted by atomic mass is 32.2. The summed E-state index contributed by atoms with van der Waals surface area (Å²) in [6.07, 6.45) is 3.17. The second kappa shape index (κ2) is 8.52. The van der Waals surface area contributed by atoms with Gasteiger partial charge >= 0.3 is 5.97 Å². The van der Waals surface area contributed by atoms with Crippen molar-refractivity contribution in [3.05, 3.63) is 48.2 Å². The highest BCUT2D eigenvalue weighted by molar-refractivity contribution is 7.91. The van der Waals surface area contributed by atoms with Gasteiger partial charge in [0.15, 0.2) is 16.4 Å². The Hall–Kier alpha value is -2.74. The largest absolute Gasteiger partial charge is 0.452 e. The summed E-state index contributed by atoms with van der Waals surface area (Å²) < 4.78 is 28.2. The molecule has 8 heteroatoms. The number of para-hydroxylation sites is 1. The van der Waals surface area contributed by atoms with Crippen LogP contribution in [0.1, 0.15) is 19.0 Å². The van der Waals surface area contributed by atoms with Gasteiger partial charge in [-0.1, -0.05) is 24.3 Å². The third kappa shape index (κ3) is 4.95. The number of carbonyl (C=O) groups is 2. The molecule has 0 spiro atoms. The van der Waals surface area contributed by atoms with Gasteiger partial charge in [-0.3, -0.25) is 4.79 Å². The van der Waals surface area contributed by atoms with Crippen LogP contribution in [-0.4, -0.2) is 60.9 Å². The molecule has 1 aliphatic heterocycles. The zero-order valence-electron chi connectivity index (χ0n) is 15.6. The number of sulfone groups is 1. The predicted octanol–water partition coefficient (Wildman–Crippen LogP) is 1.83. The van der Waals surface area contributed by atoms with Gasteiger partial charge in [0.25, 0.3) is 5.91 Å². The number of fused-ring (bicyclic) bond motifs is 1. The average Bonchev–Trinajstić information content (AvgIpc) is 3.04. The fraction of sp³-hybridized carbons (Fsp3) is 0.350. The van der Waals surface area contributed by atoms with Crippen LogP contribution in [0.5, 0.6) is 0 Å². The van der Waals surface area contributed by atoms with Crippen molar-refractivity contribution in [1.29, 1.82) is 0 Å². The zero-order valence-corrected chi connectivity index (χ0v) is 16.4. The average molecular weight is 402 g/mol. The van der Waals surface area contributed by atoms with Gasteiger partial charge in [-0.05, 0) is 31.6 Å². The summed E-state index contributed by atoms with van der Waals surface area (Å²) in [5.41, 5.74) is 1.42. The Bertz CT molecular complexity index is 1020. The first-order valence-electron chi connectivity index (χ1n) is 9.08. The maximum atomic E-state index is 12.3. The molecule has 1 aromatic carbocycles. The summed E-state index contributed by atoms with van der Waals surface area (Å²) in [6.45, 7) is 1.72. The maximum absolute atomic E-state index is 12.3. The highest BCUT2D eigenvalue weighted by Crippen LogP contribution is 2.18. The van der Waals surface area contributed by atoms with Crippen molar-refractivity contribution in [1.82, 2.24) is 9.88 Å². The lowest BCUT2D eigenvalue weighted by Gasteiger charge is -2.26. The monoisotopic (exact) mass is 402 g/mol. The fourth-order valence-corrected chi connectivity index (χ4v) is 4.98. The molecule has 148 valence electrons. The van der Waals surface area contributed by atoms with Crippen LogP contribution in [0.25, 0.3) is 17.0 Å². The van der Waals surface area contributed by atoms with Crippen LogP contribution in [0.15, 0.2) is 42.5 Å². The predicted molar refractivity (Wildman–Crippen MR) is 106 cm³/mol. The molecule has 2 heterocycles. The molecule has 7 nitrogen and oxygen atoms in total. The summed E-state index contributed by atoms with van der Waals surface area (Å²) in [5.74, 6) is -0.995. The number of hydrogen-bond acceptors (Lipinski definition) is 6. The molecule has 3 rings (SSSR count). The summed E-state index contributed by atoms with van der Waals surface area (Å²) in [6, 6.07) is 11.0. The van der Waals surface area contributed by atoms with Crippen LogP contribution < -0.4 is 0 Å². The van der Waals surface area contributed by atoms with E-state index in [0.29, 0.717) is 18.7 Å². The van der Waals surface area contributed by atoms with Crippen LogP contribution in [0, 0.1) is 0 Å². The van der Waals surface area contributed by atoms with Gasteiger partial charge in [-0.25, -0.2) is 18.2 Å². The Morgan fingerprint density at radius 2 is 2.04 bits per heavy atom. The lowest BCUT2D eigenvalue weighted by atomic mass is 10.2. The van der Waals surface area contributed by atoms with E-state index in [1.807, 2.05) is 30.3 Å². The van der Waals surface area contributed by atoms with Gasteiger partial charge in [0.05, 0.1) is 22.7 Å². The first-order chi connectivity index (χ1) is 13.4. The standard InChI is InChI=1S/C20H22N2O5S/c1-2-22(17-11-12-28(25,26)14-17)19(23)13-27-20(24)10-9-16-8-7-15-5-3-4-6-18(15)21-16/h3-10,17H,2,11-14H2,1H3/b10-9+/t17-/m1/s1. The third-order valence-electron chi connectivity index (χ3n) is 4.66. The normalized spacial score (nSPS) is 18.4. The Morgan fingerprint density at radius 1 is 1.25 bits per heavy atom. The van der Waals surface area contributed by atoms with Crippen LogP contribution in [0.2, 0.25) is 0 Å². The van der Waals surface area contributed by atoms with E-state index in [1.165, 1.54) is 17.1 Å². The number of nitrogens with zero attached hydrogens (tertiary/aromatic N) is 2. The molecule has 0 unspecified atom stereocenters. The first-order valence-corrected chi connectivity index (χ1v) is 10.9. The van der Waals surface area contributed by atoms with Crippen molar-refractivity contribution < 1.29 is 22.7 Å². The minimum atomic E-state index is -3.09. The van der Waals surface area contributed by atoms with Gasteiger partial charge in [0.2, 0.25) is 0 Å². The SMILES string of the molecule is CCN(C(=O)COC(=O)/C=C/c1ccc2ccccc2n1)[C@@H]1CCS(=O)(=O)C1.